The Morgan fingerprint density at radius 2 is 2.14 bits per heavy atom. The molecule has 0 atom stereocenters. The number of anilines is 1. The van der Waals surface area contributed by atoms with E-state index in [1.54, 1.807) is 12.0 Å². The SMILES string of the molecule is CCC[NH+]1CCN(C(=S)Nc2cc(Cl)ccc2OC)CC1. The molecule has 2 rings (SSSR count). The van der Waals surface area contributed by atoms with Crippen molar-refractivity contribution in [3.05, 3.63) is 23.2 Å². The van der Waals surface area contributed by atoms with Crippen LogP contribution in [0, 0.1) is 0 Å². The summed E-state index contributed by atoms with van der Waals surface area (Å²) in [5.41, 5.74) is 0.818. The number of nitrogens with zero attached hydrogens (tertiary/aromatic N) is 1. The lowest BCUT2D eigenvalue weighted by atomic mass is 10.3. The van der Waals surface area contributed by atoms with Crippen molar-refractivity contribution in [1.29, 1.82) is 0 Å². The maximum Gasteiger partial charge on any atom is 0.173 e. The van der Waals surface area contributed by atoms with E-state index in [1.807, 2.05) is 18.2 Å². The van der Waals surface area contributed by atoms with Gasteiger partial charge in [0.1, 0.15) is 5.75 Å². The highest BCUT2D eigenvalue weighted by Gasteiger charge is 2.21. The van der Waals surface area contributed by atoms with Crippen LogP contribution in [0.3, 0.4) is 0 Å². The third kappa shape index (κ3) is 4.46. The summed E-state index contributed by atoms with van der Waals surface area (Å²) in [4.78, 5) is 3.88. The second kappa shape index (κ2) is 7.82. The Balaban J connectivity index is 1.95. The highest BCUT2D eigenvalue weighted by atomic mass is 35.5. The molecule has 1 saturated heterocycles. The first-order valence-corrected chi connectivity index (χ1v) is 8.15. The Labute approximate surface area is 137 Å². The summed E-state index contributed by atoms with van der Waals surface area (Å²) >= 11 is 11.6. The normalized spacial score (nSPS) is 15.9. The molecule has 0 aliphatic carbocycles. The van der Waals surface area contributed by atoms with Gasteiger partial charge in [0.15, 0.2) is 5.11 Å². The van der Waals surface area contributed by atoms with Crippen LogP contribution < -0.4 is 15.0 Å². The number of quaternary nitrogens is 1. The molecule has 1 aliphatic rings. The highest BCUT2D eigenvalue weighted by molar-refractivity contribution is 7.80. The Hall–Kier alpha value is -1.04. The predicted octanol–water partition coefficient (Wildman–Crippen LogP) is 1.66. The van der Waals surface area contributed by atoms with Gasteiger partial charge in [-0.2, -0.15) is 0 Å². The first-order valence-electron chi connectivity index (χ1n) is 7.37. The van der Waals surface area contributed by atoms with Crippen LogP contribution in [0.25, 0.3) is 0 Å². The van der Waals surface area contributed by atoms with Gasteiger partial charge in [0.2, 0.25) is 0 Å². The van der Waals surface area contributed by atoms with Crippen LogP contribution in [-0.4, -0.2) is 49.8 Å². The fourth-order valence-corrected chi connectivity index (χ4v) is 3.07. The Morgan fingerprint density at radius 1 is 1.43 bits per heavy atom. The monoisotopic (exact) mass is 328 g/mol. The first-order chi connectivity index (χ1) is 10.1. The molecule has 21 heavy (non-hydrogen) atoms. The molecule has 6 heteroatoms. The van der Waals surface area contributed by atoms with Crippen molar-refractivity contribution < 1.29 is 9.64 Å². The van der Waals surface area contributed by atoms with Crippen molar-refractivity contribution in [2.45, 2.75) is 13.3 Å². The number of hydrogen-bond donors (Lipinski definition) is 2. The number of methoxy groups -OCH3 is 1. The summed E-state index contributed by atoms with van der Waals surface area (Å²) in [7, 11) is 1.64. The third-order valence-corrected chi connectivity index (χ3v) is 4.36. The minimum absolute atomic E-state index is 0.665. The summed E-state index contributed by atoms with van der Waals surface area (Å²) in [5, 5.41) is 4.66. The van der Waals surface area contributed by atoms with E-state index >= 15 is 0 Å². The van der Waals surface area contributed by atoms with Crippen LogP contribution in [0.15, 0.2) is 18.2 Å². The number of ether oxygens (including phenoxy) is 1. The first kappa shape index (κ1) is 16.3. The van der Waals surface area contributed by atoms with E-state index in [0.717, 1.165) is 42.7 Å². The second-order valence-corrected chi connectivity index (χ2v) is 6.08. The summed E-state index contributed by atoms with van der Waals surface area (Å²) in [5.74, 6) is 0.747. The van der Waals surface area contributed by atoms with E-state index in [0.29, 0.717) is 5.02 Å². The standard InChI is InChI=1S/C15H22ClN3OS/c1-3-6-18-7-9-19(10-8-18)15(21)17-13-11-12(16)4-5-14(13)20-2/h4-5,11H,3,6-10H2,1-2H3,(H,17,21)/p+1. The predicted molar refractivity (Wildman–Crippen MR) is 91.7 cm³/mol. The molecular weight excluding hydrogens is 306 g/mol. The van der Waals surface area contributed by atoms with Gasteiger partial charge in [0.25, 0.3) is 0 Å². The van der Waals surface area contributed by atoms with Gasteiger partial charge in [-0.3, -0.25) is 0 Å². The largest absolute Gasteiger partial charge is 0.495 e. The number of halogens is 1. The van der Waals surface area contributed by atoms with Crippen molar-refractivity contribution in [2.24, 2.45) is 0 Å². The quantitative estimate of drug-likeness (QED) is 0.823. The lowest BCUT2D eigenvalue weighted by molar-refractivity contribution is -0.903. The maximum absolute atomic E-state index is 6.04. The van der Waals surface area contributed by atoms with Crippen LogP contribution in [0.5, 0.6) is 5.75 Å². The summed E-state index contributed by atoms with van der Waals surface area (Å²) in [6.45, 7) is 7.74. The van der Waals surface area contributed by atoms with E-state index in [-0.39, 0.29) is 0 Å². The van der Waals surface area contributed by atoms with Gasteiger partial charge in [0.05, 0.1) is 45.5 Å². The van der Waals surface area contributed by atoms with Crippen molar-refractivity contribution in [3.63, 3.8) is 0 Å². The molecule has 0 saturated carbocycles. The van der Waals surface area contributed by atoms with Gasteiger partial charge in [-0.1, -0.05) is 18.5 Å². The number of hydrogen-bond acceptors (Lipinski definition) is 2. The lowest BCUT2D eigenvalue weighted by Crippen LogP contribution is -3.14. The van der Waals surface area contributed by atoms with Gasteiger partial charge in [-0.25, -0.2) is 0 Å². The molecule has 116 valence electrons. The molecule has 0 spiro atoms. The summed E-state index contributed by atoms with van der Waals surface area (Å²) in [6.07, 6.45) is 1.23. The van der Waals surface area contributed by atoms with E-state index < -0.39 is 0 Å². The number of rotatable bonds is 4. The van der Waals surface area contributed by atoms with Gasteiger partial charge >= 0.3 is 0 Å². The minimum atomic E-state index is 0.665. The minimum Gasteiger partial charge on any atom is -0.495 e. The molecule has 1 aliphatic heterocycles. The van der Waals surface area contributed by atoms with Crippen molar-refractivity contribution >= 4 is 34.6 Å². The van der Waals surface area contributed by atoms with Gasteiger partial charge in [-0.05, 0) is 36.8 Å². The van der Waals surface area contributed by atoms with E-state index in [1.165, 1.54) is 13.0 Å². The molecule has 0 aromatic heterocycles. The van der Waals surface area contributed by atoms with Crippen LogP contribution in [0.4, 0.5) is 5.69 Å². The molecule has 1 aromatic rings. The van der Waals surface area contributed by atoms with Crippen LogP contribution in [-0.2, 0) is 0 Å². The molecule has 0 bridgehead atoms. The topological polar surface area (TPSA) is 28.9 Å². The molecule has 1 fully saturated rings. The van der Waals surface area contributed by atoms with Gasteiger partial charge < -0.3 is 19.9 Å². The smallest absolute Gasteiger partial charge is 0.173 e. The fraction of sp³-hybridized carbons (Fsp3) is 0.533. The molecule has 0 radical (unpaired) electrons. The zero-order chi connectivity index (χ0) is 15.2. The summed E-state index contributed by atoms with van der Waals surface area (Å²) in [6, 6.07) is 5.49. The second-order valence-electron chi connectivity index (χ2n) is 5.26. The molecule has 4 nitrogen and oxygen atoms in total. The van der Waals surface area contributed by atoms with E-state index in [2.05, 4.69) is 17.1 Å². The molecule has 1 aromatic carbocycles. The van der Waals surface area contributed by atoms with Crippen LogP contribution in [0.2, 0.25) is 5.02 Å². The highest BCUT2D eigenvalue weighted by Crippen LogP contribution is 2.27. The lowest BCUT2D eigenvalue weighted by Gasteiger charge is -2.33. The number of benzene rings is 1. The Bertz CT molecular complexity index is 490. The van der Waals surface area contributed by atoms with E-state index in [9.17, 15) is 0 Å². The molecule has 1 heterocycles. The number of piperazine rings is 1. The molecular formula is C15H23ClN3OS+. The molecule has 0 amide bonds. The Morgan fingerprint density at radius 3 is 2.76 bits per heavy atom. The van der Waals surface area contributed by atoms with Crippen molar-refractivity contribution in [2.75, 3.05) is 45.2 Å². The number of nitrogens with one attached hydrogen (secondary N) is 2. The summed E-state index contributed by atoms with van der Waals surface area (Å²) < 4.78 is 5.33. The van der Waals surface area contributed by atoms with Crippen molar-refractivity contribution in [1.82, 2.24) is 4.90 Å². The molecule has 0 unspecified atom stereocenters. The molecule has 2 N–H and O–H groups in total. The zero-order valence-corrected chi connectivity index (χ0v) is 14.2. The fourth-order valence-electron chi connectivity index (χ4n) is 2.60. The third-order valence-electron chi connectivity index (χ3n) is 3.76. The van der Waals surface area contributed by atoms with Gasteiger partial charge in [-0.15, -0.1) is 0 Å². The zero-order valence-electron chi connectivity index (χ0n) is 12.6. The Kier molecular flexibility index (Phi) is 6.08. The maximum atomic E-state index is 6.04. The van der Waals surface area contributed by atoms with Crippen LogP contribution in [0.1, 0.15) is 13.3 Å². The average Bonchev–Trinajstić information content (AvgIpc) is 2.48. The van der Waals surface area contributed by atoms with Gasteiger partial charge in [0, 0.05) is 5.02 Å². The number of thiocarbonyl (C=S) groups is 1. The van der Waals surface area contributed by atoms with Crippen LogP contribution >= 0.6 is 23.8 Å². The van der Waals surface area contributed by atoms with E-state index in [4.69, 9.17) is 28.6 Å². The van der Waals surface area contributed by atoms with Crippen molar-refractivity contribution in [3.8, 4) is 5.75 Å². The average molecular weight is 329 g/mol.